The number of hydrogen-bond donors (Lipinski definition) is 1. The van der Waals surface area contributed by atoms with Crippen molar-refractivity contribution in [3.63, 3.8) is 0 Å². The van der Waals surface area contributed by atoms with Gasteiger partial charge in [0.15, 0.2) is 11.6 Å². The third kappa shape index (κ3) is 2.67. The maximum atomic E-state index is 13.3. The average molecular weight is 235 g/mol. The lowest BCUT2D eigenvalue weighted by molar-refractivity contribution is 0.230. The van der Waals surface area contributed by atoms with Gasteiger partial charge in [-0.1, -0.05) is 18.2 Å². The molecule has 0 radical (unpaired) electrons. The molecule has 1 aliphatic rings. The Bertz CT molecular complexity index is 397. The molecular weight excluding hydrogens is 217 g/mol. The van der Waals surface area contributed by atoms with E-state index >= 15 is 0 Å². The van der Waals surface area contributed by atoms with Gasteiger partial charge in [-0.3, -0.25) is 4.90 Å². The third-order valence-corrected chi connectivity index (χ3v) is 3.43. The zero-order valence-corrected chi connectivity index (χ0v) is 9.90. The first-order chi connectivity index (χ1) is 8.22. The second-order valence-corrected chi connectivity index (χ2v) is 4.54. The monoisotopic (exact) mass is 235 g/mol. The van der Waals surface area contributed by atoms with E-state index in [1.807, 2.05) is 12.1 Å². The number of para-hydroxylation sites is 1. The molecular formula is C14H18FNO. The summed E-state index contributed by atoms with van der Waals surface area (Å²) in [4.78, 5) is 2.32. The molecule has 0 bridgehead atoms. The fraction of sp³-hybridized carbons (Fsp3) is 0.429. The maximum Gasteiger partial charge on any atom is 0.165 e. The van der Waals surface area contributed by atoms with Crippen molar-refractivity contribution in [2.45, 2.75) is 18.8 Å². The van der Waals surface area contributed by atoms with Crippen molar-refractivity contribution in [3.05, 3.63) is 42.2 Å². The lowest BCUT2D eigenvalue weighted by Gasteiger charge is -2.31. The van der Waals surface area contributed by atoms with Crippen LogP contribution in [-0.4, -0.2) is 29.6 Å². The highest BCUT2D eigenvalue weighted by Crippen LogP contribution is 2.34. The Morgan fingerprint density at radius 2 is 2.12 bits per heavy atom. The molecule has 2 rings (SSSR count). The van der Waals surface area contributed by atoms with Crippen LogP contribution >= 0.6 is 0 Å². The molecule has 2 nitrogen and oxygen atoms in total. The molecule has 0 amide bonds. The van der Waals surface area contributed by atoms with Crippen LogP contribution in [0.3, 0.4) is 0 Å². The largest absolute Gasteiger partial charge is 0.505 e. The fourth-order valence-corrected chi connectivity index (χ4v) is 2.47. The van der Waals surface area contributed by atoms with E-state index in [0.717, 1.165) is 38.0 Å². The van der Waals surface area contributed by atoms with Gasteiger partial charge in [-0.25, -0.2) is 4.39 Å². The lowest BCUT2D eigenvalue weighted by atomic mass is 9.89. The topological polar surface area (TPSA) is 23.5 Å². The Morgan fingerprint density at radius 3 is 2.76 bits per heavy atom. The summed E-state index contributed by atoms with van der Waals surface area (Å²) < 4.78 is 13.3. The number of halogens is 1. The molecule has 17 heavy (non-hydrogen) atoms. The molecule has 3 heteroatoms. The van der Waals surface area contributed by atoms with E-state index in [0.29, 0.717) is 0 Å². The van der Waals surface area contributed by atoms with E-state index in [1.165, 1.54) is 6.07 Å². The van der Waals surface area contributed by atoms with Crippen LogP contribution < -0.4 is 0 Å². The van der Waals surface area contributed by atoms with Gasteiger partial charge < -0.3 is 5.11 Å². The highest BCUT2D eigenvalue weighted by atomic mass is 19.1. The first-order valence-corrected chi connectivity index (χ1v) is 6.03. The number of phenolic OH excluding ortho intramolecular Hbond substituents is 1. The number of phenols is 1. The van der Waals surface area contributed by atoms with Crippen LogP contribution in [0, 0.1) is 5.82 Å². The average Bonchev–Trinajstić information content (AvgIpc) is 2.34. The molecule has 1 fully saturated rings. The molecule has 1 saturated heterocycles. The van der Waals surface area contributed by atoms with Gasteiger partial charge in [0.2, 0.25) is 0 Å². The number of rotatable bonds is 3. The van der Waals surface area contributed by atoms with Gasteiger partial charge in [0.25, 0.3) is 0 Å². The van der Waals surface area contributed by atoms with Crippen molar-refractivity contribution in [1.29, 1.82) is 0 Å². The fourth-order valence-electron chi connectivity index (χ4n) is 2.47. The van der Waals surface area contributed by atoms with Crippen LogP contribution in [0.4, 0.5) is 4.39 Å². The number of likely N-dealkylation sites (tertiary alicyclic amines) is 1. The molecule has 0 aliphatic carbocycles. The zero-order chi connectivity index (χ0) is 12.3. The predicted octanol–water partition coefficient (Wildman–Crippen LogP) is 2.90. The normalized spacial score (nSPS) is 18.2. The van der Waals surface area contributed by atoms with Gasteiger partial charge in [0.05, 0.1) is 0 Å². The Labute approximate surface area is 101 Å². The summed E-state index contributed by atoms with van der Waals surface area (Å²) in [7, 11) is 0. The van der Waals surface area contributed by atoms with Crippen molar-refractivity contribution in [3.8, 4) is 5.75 Å². The summed E-state index contributed by atoms with van der Waals surface area (Å²) in [6.07, 6.45) is 3.83. The molecule has 0 saturated carbocycles. The van der Waals surface area contributed by atoms with E-state index < -0.39 is 5.82 Å². The summed E-state index contributed by atoms with van der Waals surface area (Å²) in [5, 5.41) is 9.71. The van der Waals surface area contributed by atoms with Gasteiger partial charge in [-0.05, 0) is 37.9 Å². The van der Waals surface area contributed by atoms with Crippen LogP contribution in [0.2, 0.25) is 0 Å². The minimum absolute atomic E-state index is 0.172. The van der Waals surface area contributed by atoms with Crippen molar-refractivity contribution in [2.24, 2.45) is 0 Å². The van der Waals surface area contributed by atoms with Gasteiger partial charge in [0, 0.05) is 12.1 Å². The number of hydrogen-bond acceptors (Lipinski definition) is 2. The van der Waals surface area contributed by atoms with E-state index in [-0.39, 0.29) is 11.7 Å². The standard InChI is InChI=1S/C14H18FNO/c1-2-8-16-9-6-11(7-10-16)12-4-3-5-13(15)14(12)17/h2-5,11,17H,1,6-10H2. The number of aromatic hydroxyl groups is 1. The SMILES string of the molecule is C=CCN1CCC(c2cccc(F)c2O)CC1. The van der Waals surface area contributed by atoms with Crippen LogP contribution in [0.1, 0.15) is 24.3 Å². The second-order valence-electron chi connectivity index (χ2n) is 4.54. The van der Waals surface area contributed by atoms with Gasteiger partial charge in [-0.15, -0.1) is 6.58 Å². The summed E-state index contributed by atoms with van der Waals surface area (Å²) in [5.41, 5.74) is 0.753. The minimum atomic E-state index is -0.518. The van der Waals surface area contributed by atoms with Crippen molar-refractivity contribution in [1.82, 2.24) is 4.90 Å². The quantitative estimate of drug-likeness (QED) is 0.814. The van der Waals surface area contributed by atoms with E-state index in [1.54, 1.807) is 6.07 Å². The Balaban J connectivity index is 2.05. The Kier molecular flexibility index (Phi) is 3.79. The van der Waals surface area contributed by atoms with Crippen molar-refractivity contribution < 1.29 is 9.50 Å². The van der Waals surface area contributed by atoms with Crippen molar-refractivity contribution in [2.75, 3.05) is 19.6 Å². The Hall–Kier alpha value is -1.35. The molecule has 0 atom stereocenters. The predicted molar refractivity (Wildman–Crippen MR) is 66.7 cm³/mol. The molecule has 0 unspecified atom stereocenters. The molecule has 1 aromatic carbocycles. The zero-order valence-electron chi connectivity index (χ0n) is 9.90. The van der Waals surface area contributed by atoms with Crippen LogP contribution in [0.5, 0.6) is 5.75 Å². The first kappa shape index (κ1) is 12.1. The first-order valence-electron chi connectivity index (χ1n) is 6.03. The van der Waals surface area contributed by atoms with Crippen LogP contribution in [0.25, 0.3) is 0 Å². The van der Waals surface area contributed by atoms with Crippen LogP contribution in [0.15, 0.2) is 30.9 Å². The highest BCUT2D eigenvalue weighted by molar-refractivity contribution is 5.36. The number of piperidine rings is 1. The third-order valence-electron chi connectivity index (χ3n) is 3.43. The second kappa shape index (κ2) is 5.32. The van der Waals surface area contributed by atoms with Gasteiger partial charge >= 0.3 is 0 Å². The van der Waals surface area contributed by atoms with Crippen LogP contribution in [-0.2, 0) is 0 Å². The van der Waals surface area contributed by atoms with Crippen molar-refractivity contribution >= 4 is 0 Å². The summed E-state index contributed by atoms with van der Waals surface area (Å²) >= 11 is 0. The highest BCUT2D eigenvalue weighted by Gasteiger charge is 2.22. The summed E-state index contributed by atoms with van der Waals surface area (Å²) in [5.74, 6) is -0.419. The molecule has 92 valence electrons. The van der Waals surface area contributed by atoms with Gasteiger partial charge in [0.1, 0.15) is 0 Å². The maximum absolute atomic E-state index is 13.3. The Morgan fingerprint density at radius 1 is 1.41 bits per heavy atom. The number of nitrogens with zero attached hydrogens (tertiary/aromatic N) is 1. The summed E-state index contributed by atoms with van der Waals surface area (Å²) in [6, 6.07) is 4.79. The smallest absolute Gasteiger partial charge is 0.165 e. The number of benzene rings is 1. The molecule has 1 aliphatic heterocycles. The summed E-state index contributed by atoms with van der Waals surface area (Å²) in [6.45, 7) is 6.59. The molecule has 1 N–H and O–H groups in total. The van der Waals surface area contributed by atoms with Gasteiger partial charge in [-0.2, -0.15) is 0 Å². The molecule has 0 aromatic heterocycles. The van der Waals surface area contributed by atoms with E-state index in [4.69, 9.17) is 0 Å². The lowest BCUT2D eigenvalue weighted by Crippen LogP contribution is -2.32. The van der Waals surface area contributed by atoms with E-state index in [2.05, 4.69) is 11.5 Å². The molecule has 1 heterocycles. The molecule has 0 spiro atoms. The molecule has 1 aromatic rings. The van der Waals surface area contributed by atoms with E-state index in [9.17, 15) is 9.50 Å². The minimum Gasteiger partial charge on any atom is -0.505 e.